The predicted molar refractivity (Wildman–Crippen MR) is 112 cm³/mol. The van der Waals surface area contributed by atoms with Gasteiger partial charge in [0.2, 0.25) is 5.13 Å². The number of H-pyrrole nitrogens is 1. The van der Waals surface area contributed by atoms with E-state index in [0.717, 1.165) is 22.2 Å². The number of aliphatic imine (C=N–C) groups is 1. The van der Waals surface area contributed by atoms with Crippen LogP contribution in [0.1, 0.15) is 28.6 Å². The summed E-state index contributed by atoms with van der Waals surface area (Å²) in [5, 5.41) is 29.3. The molecule has 1 aliphatic heterocycles. The first kappa shape index (κ1) is 19.7. The highest BCUT2D eigenvalue weighted by atomic mass is 32.2. The molecule has 14 heteroatoms. The topological polar surface area (TPSA) is 136 Å². The maximum absolute atomic E-state index is 5.53. The fourth-order valence-corrected chi connectivity index (χ4v) is 5.09. The zero-order valence-electron chi connectivity index (χ0n) is 15.3. The molecule has 0 fully saturated rings. The molecule has 0 aliphatic carbocycles. The van der Waals surface area contributed by atoms with Gasteiger partial charge in [0.1, 0.15) is 16.3 Å². The van der Waals surface area contributed by atoms with Crippen LogP contribution in [0.2, 0.25) is 0 Å². The fourth-order valence-electron chi connectivity index (χ4n) is 2.32. The highest BCUT2D eigenvalue weighted by molar-refractivity contribution is 7.99. The molecule has 0 bridgehead atoms. The summed E-state index contributed by atoms with van der Waals surface area (Å²) >= 11 is 4.66. The van der Waals surface area contributed by atoms with E-state index in [-0.39, 0.29) is 11.3 Å². The van der Waals surface area contributed by atoms with Gasteiger partial charge < -0.3 is 14.8 Å². The highest BCUT2D eigenvalue weighted by Crippen LogP contribution is 2.36. The summed E-state index contributed by atoms with van der Waals surface area (Å²) in [4.78, 5) is 8.02. The molecule has 0 radical (unpaired) electrons. The first-order valence-corrected chi connectivity index (χ1v) is 11.4. The monoisotopic (exact) mass is 451 g/mol. The lowest BCUT2D eigenvalue weighted by molar-refractivity contribution is 0.328. The molecule has 152 valence electrons. The maximum atomic E-state index is 5.53. The molecular formula is C15H17N9O2S3. The van der Waals surface area contributed by atoms with Crippen LogP contribution in [0.5, 0.6) is 11.2 Å². The summed E-state index contributed by atoms with van der Waals surface area (Å²) in [7, 11) is 0. The number of aromatic nitrogens is 7. The van der Waals surface area contributed by atoms with Crippen molar-refractivity contribution < 1.29 is 9.47 Å². The Kier molecular flexibility index (Phi) is 6.63. The second-order valence-electron chi connectivity index (χ2n) is 5.53. The quantitative estimate of drug-likeness (QED) is 0.443. The van der Waals surface area contributed by atoms with Gasteiger partial charge in [-0.2, -0.15) is 21.8 Å². The van der Waals surface area contributed by atoms with E-state index in [0.29, 0.717) is 29.4 Å². The fraction of sp³-hybridized carbons (Fsp3) is 0.400. The van der Waals surface area contributed by atoms with Crippen molar-refractivity contribution in [2.45, 2.75) is 25.0 Å². The van der Waals surface area contributed by atoms with Crippen molar-refractivity contribution in [3.63, 3.8) is 0 Å². The Hall–Kier alpha value is -2.58. The molecule has 1 aliphatic rings. The van der Waals surface area contributed by atoms with Crippen LogP contribution in [0.15, 0.2) is 23.6 Å². The normalized spacial score (nSPS) is 14.0. The zero-order valence-corrected chi connectivity index (χ0v) is 17.8. The van der Waals surface area contributed by atoms with Crippen molar-refractivity contribution in [1.29, 1.82) is 0 Å². The Labute approximate surface area is 178 Å². The van der Waals surface area contributed by atoms with Gasteiger partial charge in [-0.15, -0.1) is 15.3 Å². The lowest BCUT2D eigenvalue weighted by Gasteiger charge is -2.09. The minimum atomic E-state index is 0.128. The second kappa shape index (κ2) is 9.76. The largest absolute Gasteiger partial charge is 0.460 e. The summed E-state index contributed by atoms with van der Waals surface area (Å²) in [6.07, 6.45) is 6.46. The zero-order chi connectivity index (χ0) is 19.9. The number of nitrogens with zero attached hydrogens (tertiary/aromatic N) is 7. The van der Waals surface area contributed by atoms with Gasteiger partial charge in [0.05, 0.1) is 5.25 Å². The average molecular weight is 452 g/mol. The number of aromatic amines is 1. The number of hydrogen-bond donors (Lipinski definition) is 2. The number of anilines is 1. The number of nitrogens with one attached hydrogen (secondary N) is 2. The molecule has 2 N–H and O–H groups in total. The van der Waals surface area contributed by atoms with E-state index < -0.39 is 0 Å². The Bertz CT molecular complexity index is 970. The molecular weight excluding hydrogens is 434 g/mol. The van der Waals surface area contributed by atoms with Crippen LogP contribution in [-0.2, 0) is 11.2 Å². The third-order valence-corrected chi connectivity index (χ3v) is 6.64. The van der Waals surface area contributed by atoms with Crippen LogP contribution in [-0.4, -0.2) is 54.0 Å². The van der Waals surface area contributed by atoms with Crippen LogP contribution >= 0.6 is 34.4 Å². The van der Waals surface area contributed by atoms with Gasteiger partial charge in [-0.05, 0) is 5.75 Å². The van der Waals surface area contributed by atoms with E-state index in [1.807, 2.05) is 6.08 Å². The molecule has 29 heavy (non-hydrogen) atoms. The van der Waals surface area contributed by atoms with Crippen LogP contribution < -0.4 is 10.1 Å². The Morgan fingerprint density at radius 2 is 2.24 bits per heavy atom. The standard InChI is InChI=1S/C15H17N9O2S3/c1-2-27-9(6-11-20-24-15(28-11)26-13-17-7-19-22-13)12-21-23-14(29-12)18-8-25-10-4-3-5-16-10/h3,5,7,9H,2,4,6,8H2,1H3,(H,18,23)(H,17,19,22). The number of ether oxygens (including phenoxy) is 2. The molecule has 0 spiro atoms. The van der Waals surface area contributed by atoms with Crippen LogP contribution in [0.25, 0.3) is 0 Å². The molecule has 1 atom stereocenters. The van der Waals surface area contributed by atoms with E-state index in [4.69, 9.17) is 9.47 Å². The van der Waals surface area contributed by atoms with Crippen LogP contribution in [0, 0.1) is 0 Å². The number of thioether (sulfide) groups is 1. The first-order chi connectivity index (χ1) is 14.3. The molecule has 11 nitrogen and oxygen atoms in total. The minimum Gasteiger partial charge on any atom is -0.460 e. The SMILES string of the molecule is CCSC(Cc1nnc(Oc2ncn[nH]2)s1)c1nnc(NCOC2=NC=CC2)s1. The molecule has 0 aromatic carbocycles. The molecule has 3 aromatic heterocycles. The van der Waals surface area contributed by atoms with E-state index in [9.17, 15) is 0 Å². The highest BCUT2D eigenvalue weighted by Gasteiger charge is 2.20. The number of rotatable bonds is 10. The first-order valence-electron chi connectivity index (χ1n) is 8.69. The van der Waals surface area contributed by atoms with Gasteiger partial charge in [0.15, 0.2) is 12.6 Å². The molecule has 4 heterocycles. The molecule has 0 amide bonds. The molecule has 1 unspecified atom stereocenters. The van der Waals surface area contributed by atoms with Crippen molar-refractivity contribution >= 4 is 45.5 Å². The Morgan fingerprint density at radius 3 is 3.03 bits per heavy atom. The van der Waals surface area contributed by atoms with E-state index >= 15 is 0 Å². The van der Waals surface area contributed by atoms with Gasteiger partial charge >= 0.3 is 11.2 Å². The molecule has 0 saturated heterocycles. The van der Waals surface area contributed by atoms with Crippen molar-refractivity contribution in [3.05, 3.63) is 28.6 Å². The summed E-state index contributed by atoms with van der Waals surface area (Å²) in [5.74, 6) is 1.64. The van der Waals surface area contributed by atoms with Gasteiger partial charge in [-0.3, -0.25) is 0 Å². The maximum Gasteiger partial charge on any atom is 0.319 e. The third kappa shape index (κ3) is 5.48. The predicted octanol–water partition coefficient (Wildman–Crippen LogP) is 3.04. The average Bonchev–Trinajstić information content (AvgIpc) is 3.51. The Morgan fingerprint density at radius 1 is 1.28 bits per heavy atom. The summed E-state index contributed by atoms with van der Waals surface area (Å²) in [5.41, 5.74) is 0. The van der Waals surface area contributed by atoms with Crippen molar-refractivity contribution in [3.8, 4) is 11.2 Å². The van der Waals surface area contributed by atoms with Crippen LogP contribution in [0.3, 0.4) is 0 Å². The van der Waals surface area contributed by atoms with Crippen molar-refractivity contribution in [2.24, 2.45) is 4.99 Å². The lowest BCUT2D eigenvalue weighted by Crippen LogP contribution is -2.10. The molecule has 0 saturated carbocycles. The summed E-state index contributed by atoms with van der Waals surface area (Å²) < 4.78 is 11.0. The minimum absolute atomic E-state index is 0.128. The second-order valence-corrected chi connectivity index (χ2v) is 9.04. The van der Waals surface area contributed by atoms with Gasteiger partial charge in [-0.1, -0.05) is 40.8 Å². The van der Waals surface area contributed by atoms with E-state index in [1.54, 1.807) is 18.0 Å². The van der Waals surface area contributed by atoms with Gasteiger partial charge in [0, 0.05) is 19.0 Å². The summed E-state index contributed by atoms with van der Waals surface area (Å²) in [6, 6.07) is 0.286. The van der Waals surface area contributed by atoms with Gasteiger partial charge in [0.25, 0.3) is 0 Å². The summed E-state index contributed by atoms with van der Waals surface area (Å²) in [6.45, 7) is 2.42. The lowest BCUT2D eigenvalue weighted by atomic mass is 10.3. The number of hydrogen-bond acceptors (Lipinski definition) is 13. The van der Waals surface area contributed by atoms with Crippen LogP contribution in [0.4, 0.5) is 5.13 Å². The van der Waals surface area contributed by atoms with E-state index in [2.05, 4.69) is 52.8 Å². The van der Waals surface area contributed by atoms with Gasteiger partial charge in [-0.25, -0.2) is 10.1 Å². The van der Waals surface area contributed by atoms with E-state index in [1.165, 1.54) is 29.0 Å². The smallest absolute Gasteiger partial charge is 0.319 e. The van der Waals surface area contributed by atoms with Crippen molar-refractivity contribution in [1.82, 2.24) is 35.6 Å². The Balaban J connectivity index is 1.33. The third-order valence-electron chi connectivity index (χ3n) is 3.55. The van der Waals surface area contributed by atoms with Crippen molar-refractivity contribution in [2.75, 3.05) is 17.8 Å². The molecule has 3 aromatic rings. The molecule has 4 rings (SSSR count).